The van der Waals surface area contributed by atoms with E-state index in [2.05, 4.69) is 0 Å². The van der Waals surface area contributed by atoms with Gasteiger partial charge in [-0.15, -0.1) is 3.89 Å². The molecule has 1 aliphatic rings. The third kappa shape index (κ3) is 4.08. The van der Waals surface area contributed by atoms with E-state index in [0.717, 1.165) is 0 Å². The van der Waals surface area contributed by atoms with E-state index in [0.29, 0.717) is 11.3 Å². The lowest BCUT2D eigenvalue weighted by Crippen LogP contribution is -2.26. The lowest BCUT2D eigenvalue weighted by atomic mass is 9.85. The SMILES string of the molecule is CC(C)(C)c1ccc(N2CC(CS(=O)(=O)F)CC2=O)cc1[N+](=O)[O-]. The molecule has 0 aliphatic carbocycles. The van der Waals surface area contributed by atoms with Gasteiger partial charge < -0.3 is 4.90 Å². The summed E-state index contributed by atoms with van der Waals surface area (Å²) in [4.78, 5) is 24.2. The average Bonchev–Trinajstić information content (AvgIpc) is 2.75. The second-order valence-electron chi connectivity index (χ2n) is 6.99. The van der Waals surface area contributed by atoms with Gasteiger partial charge in [0.05, 0.1) is 16.4 Å². The van der Waals surface area contributed by atoms with Crippen LogP contribution in [-0.2, 0) is 20.4 Å². The molecule has 2 rings (SSSR count). The summed E-state index contributed by atoms with van der Waals surface area (Å²) in [6.07, 6.45) is -0.0992. The first-order valence-electron chi connectivity index (χ1n) is 7.40. The zero-order chi connectivity index (χ0) is 18.3. The van der Waals surface area contributed by atoms with E-state index in [1.807, 2.05) is 20.8 Å². The summed E-state index contributed by atoms with van der Waals surface area (Å²) >= 11 is 0. The van der Waals surface area contributed by atoms with E-state index in [-0.39, 0.29) is 24.6 Å². The first-order valence-corrected chi connectivity index (χ1v) is 8.95. The van der Waals surface area contributed by atoms with Gasteiger partial charge in [-0.25, -0.2) is 0 Å². The smallest absolute Gasteiger partial charge is 0.302 e. The molecule has 1 aliphatic heterocycles. The van der Waals surface area contributed by atoms with Crippen LogP contribution in [0.2, 0.25) is 0 Å². The molecular formula is C15H19FN2O5S. The molecule has 9 heteroatoms. The Bertz CT molecular complexity index is 786. The van der Waals surface area contributed by atoms with Gasteiger partial charge in [-0.1, -0.05) is 20.8 Å². The predicted molar refractivity (Wildman–Crippen MR) is 87.2 cm³/mol. The van der Waals surface area contributed by atoms with Crippen LogP contribution in [0.25, 0.3) is 0 Å². The number of hydrogen-bond acceptors (Lipinski definition) is 5. The van der Waals surface area contributed by atoms with Crippen LogP contribution in [0.5, 0.6) is 0 Å². The Labute approximate surface area is 139 Å². The largest absolute Gasteiger partial charge is 0.312 e. The molecule has 0 saturated carbocycles. The predicted octanol–water partition coefficient (Wildman–Crippen LogP) is 2.54. The van der Waals surface area contributed by atoms with Crippen LogP contribution in [0.4, 0.5) is 15.3 Å². The fourth-order valence-electron chi connectivity index (χ4n) is 2.90. The molecule has 1 fully saturated rings. The molecule has 1 heterocycles. The van der Waals surface area contributed by atoms with Crippen molar-refractivity contribution >= 4 is 27.5 Å². The number of halogens is 1. The number of benzene rings is 1. The standard InChI is InChI=1S/C15H19FN2O5S/c1-15(2,3)12-5-4-11(7-13(12)18(20)21)17-8-10(6-14(17)19)9-24(16,22)23/h4-5,7,10H,6,8-9H2,1-3H3. The molecule has 1 saturated heterocycles. The molecule has 7 nitrogen and oxygen atoms in total. The monoisotopic (exact) mass is 358 g/mol. The molecule has 1 aromatic rings. The molecule has 132 valence electrons. The summed E-state index contributed by atoms with van der Waals surface area (Å²) < 4.78 is 34.3. The Morgan fingerprint density at radius 3 is 2.50 bits per heavy atom. The van der Waals surface area contributed by atoms with Crippen LogP contribution < -0.4 is 4.90 Å². The molecule has 24 heavy (non-hydrogen) atoms. The van der Waals surface area contributed by atoms with Crippen molar-refractivity contribution in [3.63, 3.8) is 0 Å². The Hall–Kier alpha value is -2.03. The maximum Gasteiger partial charge on any atom is 0.302 e. The first kappa shape index (κ1) is 18.3. The van der Waals surface area contributed by atoms with Crippen molar-refractivity contribution in [2.45, 2.75) is 32.6 Å². The van der Waals surface area contributed by atoms with Crippen LogP contribution >= 0.6 is 0 Å². The Morgan fingerprint density at radius 2 is 2.00 bits per heavy atom. The molecular weight excluding hydrogens is 339 g/mol. The van der Waals surface area contributed by atoms with Crippen molar-refractivity contribution in [1.82, 2.24) is 0 Å². The van der Waals surface area contributed by atoms with Gasteiger partial charge in [-0.3, -0.25) is 14.9 Å². The number of nitro benzene ring substituents is 1. The highest BCUT2D eigenvalue weighted by Crippen LogP contribution is 2.36. The van der Waals surface area contributed by atoms with Crippen molar-refractivity contribution in [2.75, 3.05) is 17.2 Å². The zero-order valence-electron chi connectivity index (χ0n) is 13.7. The highest BCUT2D eigenvalue weighted by atomic mass is 32.3. The van der Waals surface area contributed by atoms with E-state index in [1.165, 1.54) is 11.0 Å². The minimum absolute atomic E-state index is 0.0218. The summed E-state index contributed by atoms with van der Waals surface area (Å²) in [5.41, 5.74) is 0.305. The Morgan fingerprint density at radius 1 is 1.38 bits per heavy atom. The van der Waals surface area contributed by atoms with Crippen molar-refractivity contribution in [3.8, 4) is 0 Å². The number of nitrogens with zero attached hydrogens (tertiary/aromatic N) is 2. The second-order valence-corrected chi connectivity index (χ2v) is 8.40. The Balaban J connectivity index is 2.35. The molecule has 1 amide bonds. The summed E-state index contributed by atoms with van der Waals surface area (Å²) in [5.74, 6) is -1.76. The molecule has 1 atom stereocenters. The molecule has 0 spiro atoms. The van der Waals surface area contributed by atoms with E-state index >= 15 is 0 Å². The fraction of sp³-hybridized carbons (Fsp3) is 0.533. The number of carbonyl (C=O) groups excluding carboxylic acids is 1. The van der Waals surface area contributed by atoms with Gasteiger partial charge in [-0.2, -0.15) is 8.42 Å². The van der Waals surface area contributed by atoms with Crippen molar-refractivity contribution < 1.29 is 22.0 Å². The van der Waals surface area contributed by atoms with E-state index in [1.54, 1.807) is 12.1 Å². The zero-order valence-corrected chi connectivity index (χ0v) is 14.5. The summed E-state index contributed by atoms with van der Waals surface area (Å²) in [5, 5.41) is 11.3. The van der Waals surface area contributed by atoms with Crippen molar-refractivity contribution in [1.29, 1.82) is 0 Å². The van der Waals surface area contributed by atoms with Crippen LogP contribution in [0.15, 0.2) is 18.2 Å². The molecule has 1 unspecified atom stereocenters. The van der Waals surface area contributed by atoms with Gasteiger partial charge in [0.25, 0.3) is 5.69 Å². The average molecular weight is 358 g/mol. The quantitative estimate of drug-likeness (QED) is 0.468. The molecule has 0 radical (unpaired) electrons. The van der Waals surface area contributed by atoms with Gasteiger partial charge in [0.2, 0.25) is 5.91 Å². The minimum atomic E-state index is -4.67. The van der Waals surface area contributed by atoms with E-state index < -0.39 is 32.2 Å². The highest BCUT2D eigenvalue weighted by molar-refractivity contribution is 7.86. The van der Waals surface area contributed by atoms with E-state index in [9.17, 15) is 27.2 Å². The van der Waals surface area contributed by atoms with Gasteiger partial charge in [-0.05, 0) is 17.5 Å². The van der Waals surface area contributed by atoms with Crippen molar-refractivity contribution in [2.24, 2.45) is 5.92 Å². The minimum Gasteiger partial charge on any atom is -0.312 e. The van der Waals surface area contributed by atoms with Crippen LogP contribution in [0.1, 0.15) is 32.8 Å². The first-order chi connectivity index (χ1) is 10.9. The summed E-state index contributed by atoms with van der Waals surface area (Å²) in [6.45, 7) is 5.56. The number of rotatable bonds is 4. The summed E-state index contributed by atoms with van der Waals surface area (Å²) in [6, 6.07) is 4.50. The molecule has 1 aromatic carbocycles. The topological polar surface area (TPSA) is 97.6 Å². The second kappa shape index (κ2) is 6.12. The van der Waals surface area contributed by atoms with Gasteiger partial charge in [0, 0.05) is 30.5 Å². The van der Waals surface area contributed by atoms with Gasteiger partial charge >= 0.3 is 10.2 Å². The lowest BCUT2D eigenvalue weighted by Gasteiger charge is -2.22. The summed E-state index contributed by atoms with van der Waals surface area (Å²) in [7, 11) is -4.67. The number of nitro groups is 1. The maximum atomic E-state index is 12.8. The number of carbonyl (C=O) groups is 1. The van der Waals surface area contributed by atoms with Gasteiger partial charge in [0.15, 0.2) is 0 Å². The third-order valence-corrected chi connectivity index (χ3v) is 4.81. The normalized spacial score (nSPS) is 18.9. The molecule has 0 N–H and O–H groups in total. The Kier molecular flexibility index (Phi) is 4.67. The lowest BCUT2D eigenvalue weighted by molar-refractivity contribution is -0.385. The highest BCUT2D eigenvalue weighted by Gasteiger charge is 2.35. The van der Waals surface area contributed by atoms with E-state index in [4.69, 9.17) is 0 Å². The van der Waals surface area contributed by atoms with Crippen LogP contribution in [-0.4, -0.2) is 31.5 Å². The maximum absolute atomic E-state index is 12.8. The number of anilines is 1. The van der Waals surface area contributed by atoms with Gasteiger partial charge in [0.1, 0.15) is 0 Å². The molecule has 0 aromatic heterocycles. The number of amides is 1. The molecule has 0 bridgehead atoms. The van der Waals surface area contributed by atoms with Crippen LogP contribution in [0, 0.1) is 16.0 Å². The van der Waals surface area contributed by atoms with Crippen molar-refractivity contribution in [3.05, 3.63) is 33.9 Å². The third-order valence-electron chi connectivity index (χ3n) is 3.94. The fourth-order valence-corrected chi connectivity index (χ4v) is 3.68. The number of hydrogen-bond donors (Lipinski definition) is 0. The van der Waals surface area contributed by atoms with Crippen LogP contribution in [0.3, 0.4) is 0 Å².